The largest absolute Gasteiger partial charge is 0.481 e. The van der Waals surface area contributed by atoms with Crippen LogP contribution in [0, 0.1) is 5.41 Å². The van der Waals surface area contributed by atoms with E-state index in [1.807, 2.05) is 12.1 Å². The highest BCUT2D eigenvalue weighted by Gasteiger charge is 2.42. The van der Waals surface area contributed by atoms with E-state index in [0.29, 0.717) is 43.0 Å². The molecule has 1 aromatic carbocycles. The van der Waals surface area contributed by atoms with Gasteiger partial charge in [0, 0.05) is 18.1 Å². The third-order valence-corrected chi connectivity index (χ3v) is 6.04. The standard InChI is InChI=1S/C18H17BrClN5O2/c19-14-13-15(24-23-14)21-10-22-16(13)25-7-5-18(6-8-25,17(26)27)9-11-1-3-12(20)4-2-11/h1-4,10H,5-9H2,(H,26,27)(H,21,22,23,24). The van der Waals surface area contributed by atoms with Gasteiger partial charge in [-0.1, -0.05) is 23.7 Å². The summed E-state index contributed by atoms with van der Waals surface area (Å²) in [4.78, 5) is 22.8. The first kappa shape index (κ1) is 18.2. The van der Waals surface area contributed by atoms with Gasteiger partial charge in [-0.15, -0.1) is 0 Å². The number of piperidine rings is 1. The third-order valence-electron chi connectivity index (χ3n) is 5.22. The number of anilines is 1. The van der Waals surface area contributed by atoms with Crippen LogP contribution < -0.4 is 4.90 Å². The van der Waals surface area contributed by atoms with E-state index >= 15 is 0 Å². The predicted octanol–water partition coefficient (Wildman–Crippen LogP) is 3.68. The van der Waals surface area contributed by atoms with E-state index in [1.54, 1.807) is 12.1 Å². The molecule has 27 heavy (non-hydrogen) atoms. The molecule has 3 heterocycles. The monoisotopic (exact) mass is 449 g/mol. The van der Waals surface area contributed by atoms with Crippen LogP contribution in [0.2, 0.25) is 5.02 Å². The fourth-order valence-corrected chi connectivity index (χ4v) is 4.22. The van der Waals surface area contributed by atoms with E-state index in [0.717, 1.165) is 21.4 Å². The van der Waals surface area contributed by atoms with Gasteiger partial charge in [-0.2, -0.15) is 5.10 Å². The van der Waals surface area contributed by atoms with Crippen molar-refractivity contribution in [1.29, 1.82) is 0 Å². The summed E-state index contributed by atoms with van der Waals surface area (Å²) in [6.45, 7) is 1.20. The molecule has 0 amide bonds. The van der Waals surface area contributed by atoms with E-state index in [9.17, 15) is 9.90 Å². The SMILES string of the molecule is O=C(O)C1(Cc2ccc(Cl)cc2)CCN(c2ncnc3n[nH]c(Br)c23)CC1. The zero-order valence-electron chi connectivity index (χ0n) is 14.3. The Balaban J connectivity index is 1.57. The molecule has 1 saturated heterocycles. The van der Waals surface area contributed by atoms with Crippen molar-refractivity contribution in [2.75, 3.05) is 18.0 Å². The average molecular weight is 451 g/mol. The summed E-state index contributed by atoms with van der Waals surface area (Å²) in [5.74, 6) is 0.0144. The van der Waals surface area contributed by atoms with Crippen LogP contribution in [0.25, 0.3) is 11.0 Å². The van der Waals surface area contributed by atoms with Gasteiger partial charge in [-0.3, -0.25) is 9.89 Å². The lowest BCUT2D eigenvalue weighted by atomic mass is 9.74. The molecule has 0 aliphatic carbocycles. The van der Waals surface area contributed by atoms with Crippen molar-refractivity contribution in [3.05, 3.63) is 45.8 Å². The lowest BCUT2D eigenvalue weighted by Gasteiger charge is -2.39. The number of fused-ring (bicyclic) bond motifs is 1. The summed E-state index contributed by atoms with van der Waals surface area (Å²) < 4.78 is 0.726. The van der Waals surface area contributed by atoms with Gasteiger partial charge in [-0.25, -0.2) is 9.97 Å². The lowest BCUT2D eigenvalue weighted by Crippen LogP contribution is -2.46. The Morgan fingerprint density at radius 2 is 1.96 bits per heavy atom. The number of rotatable bonds is 4. The number of hydrogen-bond acceptors (Lipinski definition) is 5. The second kappa shape index (κ2) is 7.09. The molecule has 2 aromatic heterocycles. The number of nitrogens with one attached hydrogen (secondary N) is 1. The molecule has 7 nitrogen and oxygen atoms in total. The molecule has 0 radical (unpaired) electrons. The fraction of sp³-hybridized carbons (Fsp3) is 0.333. The van der Waals surface area contributed by atoms with Crippen LogP contribution in [0.15, 0.2) is 35.2 Å². The minimum atomic E-state index is -0.788. The van der Waals surface area contributed by atoms with Crippen LogP contribution in [0.4, 0.5) is 5.82 Å². The first-order valence-electron chi connectivity index (χ1n) is 8.56. The van der Waals surface area contributed by atoms with E-state index in [4.69, 9.17) is 11.6 Å². The van der Waals surface area contributed by atoms with Crippen molar-refractivity contribution in [2.45, 2.75) is 19.3 Å². The molecular weight excluding hydrogens is 434 g/mol. The van der Waals surface area contributed by atoms with Gasteiger partial charge in [0.25, 0.3) is 0 Å². The molecule has 4 rings (SSSR count). The van der Waals surface area contributed by atoms with Crippen LogP contribution in [0.5, 0.6) is 0 Å². The van der Waals surface area contributed by atoms with Crippen molar-refractivity contribution in [2.24, 2.45) is 5.41 Å². The minimum absolute atomic E-state index is 0.488. The highest BCUT2D eigenvalue weighted by Crippen LogP contribution is 2.38. The number of carboxylic acids is 1. The van der Waals surface area contributed by atoms with E-state index in [1.165, 1.54) is 6.33 Å². The summed E-state index contributed by atoms with van der Waals surface area (Å²) in [6.07, 6.45) is 3.04. The van der Waals surface area contributed by atoms with Crippen molar-refractivity contribution >= 4 is 50.4 Å². The predicted molar refractivity (Wildman–Crippen MR) is 106 cm³/mol. The summed E-state index contributed by atoms with van der Waals surface area (Å²) >= 11 is 9.39. The Hall–Kier alpha value is -2.19. The molecule has 1 aliphatic heterocycles. The van der Waals surface area contributed by atoms with Crippen molar-refractivity contribution < 1.29 is 9.90 Å². The normalized spacial score (nSPS) is 16.6. The Morgan fingerprint density at radius 1 is 1.26 bits per heavy atom. The summed E-state index contributed by atoms with van der Waals surface area (Å²) in [5.41, 5.74) is 0.782. The van der Waals surface area contributed by atoms with E-state index in [-0.39, 0.29) is 0 Å². The van der Waals surface area contributed by atoms with Crippen LogP contribution in [-0.4, -0.2) is 44.3 Å². The van der Waals surface area contributed by atoms with Crippen LogP contribution >= 0.6 is 27.5 Å². The molecule has 0 spiro atoms. The van der Waals surface area contributed by atoms with E-state index in [2.05, 4.69) is 41.0 Å². The number of H-pyrrole nitrogens is 1. The van der Waals surface area contributed by atoms with Gasteiger partial charge in [0.15, 0.2) is 5.65 Å². The molecule has 1 aliphatic rings. The molecule has 140 valence electrons. The van der Waals surface area contributed by atoms with Gasteiger partial charge >= 0.3 is 5.97 Å². The summed E-state index contributed by atoms with van der Waals surface area (Å²) in [7, 11) is 0. The number of aromatic amines is 1. The molecule has 2 N–H and O–H groups in total. The second-order valence-corrected chi connectivity index (χ2v) is 8.04. The number of aromatic nitrogens is 4. The number of carbonyl (C=O) groups is 1. The zero-order valence-corrected chi connectivity index (χ0v) is 16.7. The Kier molecular flexibility index (Phi) is 4.77. The Bertz CT molecular complexity index is 983. The second-order valence-electron chi connectivity index (χ2n) is 6.81. The van der Waals surface area contributed by atoms with Crippen LogP contribution in [-0.2, 0) is 11.2 Å². The maximum Gasteiger partial charge on any atom is 0.310 e. The number of nitrogens with zero attached hydrogens (tertiary/aromatic N) is 4. The number of carboxylic acid groups (broad SMARTS) is 1. The maximum absolute atomic E-state index is 12.1. The lowest BCUT2D eigenvalue weighted by molar-refractivity contribution is -0.150. The Labute approximate surface area is 168 Å². The van der Waals surface area contributed by atoms with Gasteiger partial charge in [-0.05, 0) is 52.9 Å². The number of benzene rings is 1. The molecular formula is C18H17BrClN5O2. The first-order valence-corrected chi connectivity index (χ1v) is 9.73. The third kappa shape index (κ3) is 3.39. The number of halogens is 2. The van der Waals surface area contributed by atoms with Gasteiger partial charge in [0.05, 0.1) is 10.8 Å². The number of hydrogen-bond donors (Lipinski definition) is 2. The molecule has 0 saturated carbocycles. The van der Waals surface area contributed by atoms with Crippen LogP contribution in [0.3, 0.4) is 0 Å². The smallest absolute Gasteiger partial charge is 0.310 e. The molecule has 9 heteroatoms. The minimum Gasteiger partial charge on any atom is -0.481 e. The maximum atomic E-state index is 12.1. The van der Waals surface area contributed by atoms with Gasteiger partial charge < -0.3 is 10.0 Å². The molecule has 0 unspecified atom stereocenters. The summed E-state index contributed by atoms with van der Waals surface area (Å²) in [6, 6.07) is 7.40. The van der Waals surface area contributed by atoms with Gasteiger partial charge in [0.1, 0.15) is 16.7 Å². The summed E-state index contributed by atoms with van der Waals surface area (Å²) in [5, 5.41) is 18.4. The molecule has 0 atom stereocenters. The topological polar surface area (TPSA) is 95.0 Å². The van der Waals surface area contributed by atoms with E-state index < -0.39 is 11.4 Å². The molecule has 3 aromatic rings. The molecule has 0 bridgehead atoms. The quantitative estimate of drug-likeness (QED) is 0.629. The van der Waals surface area contributed by atoms with Gasteiger partial charge in [0.2, 0.25) is 0 Å². The van der Waals surface area contributed by atoms with Crippen molar-refractivity contribution in [3.8, 4) is 0 Å². The molecule has 1 fully saturated rings. The average Bonchev–Trinajstić information content (AvgIpc) is 3.05. The highest BCUT2D eigenvalue weighted by atomic mass is 79.9. The highest BCUT2D eigenvalue weighted by molar-refractivity contribution is 9.10. The van der Waals surface area contributed by atoms with Crippen LogP contribution in [0.1, 0.15) is 18.4 Å². The van der Waals surface area contributed by atoms with Crippen molar-refractivity contribution in [1.82, 2.24) is 20.2 Å². The zero-order chi connectivity index (χ0) is 19.0. The first-order chi connectivity index (χ1) is 13.0. The van der Waals surface area contributed by atoms with Crippen molar-refractivity contribution in [3.63, 3.8) is 0 Å². The fourth-order valence-electron chi connectivity index (χ4n) is 3.65. The number of aliphatic carboxylic acids is 1. The Morgan fingerprint density at radius 3 is 2.63 bits per heavy atom.